The molecule has 5 aromatic rings. The van der Waals surface area contributed by atoms with E-state index < -0.39 is 0 Å². The predicted octanol–water partition coefficient (Wildman–Crippen LogP) is 5.27. The van der Waals surface area contributed by atoms with Crippen LogP contribution >= 0.6 is 0 Å². The summed E-state index contributed by atoms with van der Waals surface area (Å²) in [6, 6.07) is 42.6. The van der Waals surface area contributed by atoms with Crippen molar-refractivity contribution in [1.82, 2.24) is 0 Å². The van der Waals surface area contributed by atoms with E-state index in [0.717, 1.165) is 30.0 Å². The van der Waals surface area contributed by atoms with Crippen LogP contribution in [-0.2, 0) is 0 Å². The monoisotopic (exact) mass is 594 g/mol. The van der Waals surface area contributed by atoms with Crippen LogP contribution in [0.5, 0.6) is 5.75 Å². The maximum atomic E-state index is 6.46. The molecule has 0 atom stereocenters. The number of anilines is 5. The number of rotatable bonds is 2. The van der Waals surface area contributed by atoms with Gasteiger partial charge in [-0.25, -0.2) is 0 Å². The Balaban J connectivity index is 1.31. The van der Waals surface area contributed by atoms with Gasteiger partial charge in [0.15, 0.2) is 0 Å². The van der Waals surface area contributed by atoms with Gasteiger partial charge in [-0.15, -0.1) is 0 Å². The fraction of sp³-hybridized carbons (Fsp3) is 0.111. The summed E-state index contributed by atoms with van der Waals surface area (Å²) in [5, 5.41) is 0. The average molecular weight is 593 g/mol. The van der Waals surface area contributed by atoms with E-state index in [2.05, 4.69) is 125 Å². The minimum absolute atomic E-state index is 0.235. The molecule has 0 unspecified atom stereocenters. The van der Waals surface area contributed by atoms with Crippen LogP contribution in [0.3, 0.4) is 0 Å². The third kappa shape index (κ3) is 3.53. The predicted molar refractivity (Wildman–Crippen MR) is 172 cm³/mol. The van der Waals surface area contributed by atoms with Gasteiger partial charge in [-0.2, -0.15) is 0 Å². The molecule has 9 rings (SSSR count). The van der Waals surface area contributed by atoms with Gasteiger partial charge >= 0.3 is 248 Å². The van der Waals surface area contributed by atoms with Crippen LogP contribution in [0, 0.1) is 0 Å². The van der Waals surface area contributed by atoms with Crippen LogP contribution in [0.15, 0.2) is 127 Å². The quantitative estimate of drug-likeness (QED) is 0.254. The summed E-state index contributed by atoms with van der Waals surface area (Å²) in [6.45, 7) is 0.235. The molecule has 0 radical (unpaired) electrons. The van der Waals surface area contributed by atoms with E-state index in [0.29, 0.717) is 15.0 Å². The molecule has 0 spiro atoms. The molecule has 41 heavy (non-hydrogen) atoms. The van der Waals surface area contributed by atoms with Crippen molar-refractivity contribution < 1.29 is 4.74 Å². The molecular formula is C36H27BN2OSe. The Hall–Kier alpha value is -4.18. The third-order valence-corrected chi connectivity index (χ3v) is 11.3. The van der Waals surface area contributed by atoms with E-state index in [4.69, 9.17) is 4.74 Å². The number of allylic oxidation sites excluding steroid dienone is 2. The maximum absolute atomic E-state index is 6.46. The second-order valence-corrected chi connectivity index (χ2v) is 13.4. The van der Waals surface area contributed by atoms with Crippen LogP contribution in [0.2, 0.25) is 0 Å². The van der Waals surface area contributed by atoms with Crippen LogP contribution < -0.4 is 39.8 Å². The second kappa shape index (κ2) is 9.17. The van der Waals surface area contributed by atoms with Crippen molar-refractivity contribution in [3.05, 3.63) is 127 Å². The van der Waals surface area contributed by atoms with Crippen molar-refractivity contribution >= 4 is 75.4 Å². The van der Waals surface area contributed by atoms with E-state index in [9.17, 15) is 0 Å². The van der Waals surface area contributed by atoms with Crippen molar-refractivity contribution in [3.63, 3.8) is 0 Å². The van der Waals surface area contributed by atoms with Gasteiger partial charge in [0.25, 0.3) is 0 Å². The van der Waals surface area contributed by atoms with E-state index in [1.165, 1.54) is 66.6 Å². The molecule has 0 amide bonds. The summed E-state index contributed by atoms with van der Waals surface area (Å²) in [5.74, 6) is 2.08. The van der Waals surface area contributed by atoms with Gasteiger partial charge < -0.3 is 0 Å². The molecule has 5 heteroatoms. The van der Waals surface area contributed by atoms with Gasteiger partial charge in [-0.1, -0.05) is 0 Å². The van der Waals surface area contributed by atoms with Gasteiger partial charge in [-0.3, -0.25) is 0 Å². The molecular weight excluding hydrogens is 566 g/mol. The standard InChI is InChI=1S/C36H27BN2OSe/c1-2-11-24(12-3-1)38-30-16-10-20-35-36(30)37(27-13-4-9-19-34(27)41-35)26-22-21-25(23-31(26)38)39-28-14-5-7-17-32(28)40-33-18-8-6-15-29(33)39/h1-5,7,9-14,16-17,19-23H,6,8,15,18H2. The number of nitrogens with zero attached hydrogens (tertiary/aromatic N) is 2. The third-order valence-electron chi connectivity index (χ3n) is 8.86. The minimum atomic E-state index is 0.235. The molecule has 3 nitrogen and oxygen atoms in total. The Morgan fingerprint density at radius 1 is 0.585 bits per heavy atom. The Labute approximate surface area is 247 Å². The van der Waals surface area contributed by atoms with Gasteiger partial charge in [0.05, 0.1) is 0 Å². The number of fused-ring (bicyclic) bond motifs is 5. The molecule has 0 N–H and O–H groups in total. The van der Waals surface area contributed by atoms with Gasteiger partial charge in [-0.05, 0) is 0 Å². The first-order valence-corrected chi connectivity index (χ1v) is 16.2. The Bertz CT molecular complexity index is 1880. The number of benzene rings is 5. The molecule has 0 bridgehead atoms. The van der Waals surface area contributed by atoms with E-state index in [-0.39, 0.29) is 6.71 Å². The first-order chi connectivity index (χ1) is 20.3. The average Bonchev–Trinajstić information content (AvgIpc) is 3.03. The molecule has 4 aliphatic rings. The van der Waals surface area contributed by atoms with Crippen molar-refractivity contribution in [2.75, 3.05) is 9.80 Å². The summed E-state index contributed by atoms with van der Waals surface area (Å²) < 4.78 is 9.45. The Kier molecular flexibility index (Phi) is 5.26. The SMILES string of the molecule is c1ccc(N2c3cc(N4C5=C(CCCC5)Oc5ccccc54)ccc3B3c4ccccc4[Se]c4cccc2c43)cc1. The summed E-state index contributed by atoms with van der Waals surface area (Å²) in [5.41, 5.74) is 11.7. The van der Waals surface area contributed by atoms with Gasteiger partial charge in [0.1, 0.15) is 0 Å². The molecule has 0 saturated heterocycles. The number of hydrogen-bond donors (Lipinski definition) is 0. The fourth-order valence-electron chi connectivity index (χ4n) is 7.12. The summed E-state index contributed by atoms with van der Waals surface area (Å²) in [4.78, 5) is 4.97. The first kappa shape index (κ1) is 23.5. The zero-order valence-corrected chi connectivity index (χ0v) is 24.3. The normalized spacial score (nSPS) is 16.2. The summed E-state index contributed by atoms with van der Waals surface area (Å²) in [7, 11) is 0. The van der Waals surface area contributed by atoms with Crippen LogP contribution in [0.1, 0.15) is 25.7 Å². The number of ether oxygens (including phenoxy) is 1. The zero-order valence-electron chi connectivity index (χ0n) is 22.6. The first-order valence-electron chi connectivity index (χ1n) is 14.5. The Morgan fingerprint density at radius 3 is 2.32 bits per heavy atom. The zero-order chi connectivity index (χ0) is 26.9. The molecule has 0 fully saturated rings. The molecule has 3 aliphatic heterocycles. The van der Waals surface area contributed by atoms with Crippen molar-refractivity contribution in [2.45, 2.75) is 25.7 Å². The van der Waals surface area contributed by atoms with E-state index in [1.54, 1.807) is 0 Å². The van der Waals surface area contributed by atoms with Gasteiger partial charge in [0.2, 0.25) is 0 Å². The number of hydrogen-bond acceptors (Lipinski definition) is 3. The van der Waals surface area contributed by atoms with Crippen molar-refractivity contribution in [1.29, 1.82) is 0 Å². The molecule has 1 aliphatic carbocycles. The fourth-order valence-corrected chi connectivity index (χ4v) is 9.57. The molecule has 0 saturated carbocycles. The molecule has 196 valence electrons. The van der Waals surface area contributed by atoms with Crippen molar-refractivity contribution in [2.24, 2.45) is 0 Å². The molecule has 5 aromatic carbocycles. The summed E-state index contributed by atoms with van der Waals surface area (Å²) >= 11 is 0.291. The van der Waals surface area contributed by atoms with Crippen molar-refractivity contribution in [3.8, 4) is 5.75 Å². The summed E-state index contributed by atoms with van der Waals surface area (Å²) in [6.07, 6.45) is 4.41. The van der Waals surface area contributed by atoms with Crippen LogP contribution in [0.25, 0.3) is 0 Å². The van der Waals surface area contributed by atoms with E-state index >= 15 is 0 Å². The molecule has 0 aromatic heterocycles. The van der Waals surface area contributed by atoms with E-state index in [1.807, 2.05) is 0 Å². The molecule has 3 heterocycles. The van der Waals surface area contributed by atoms with Crippen LogP contribution in [0.4, 0.5) is 28.4 Å². The van der Waals surface area contributed by atoms with Gasteiger partial charge in [0, 0.05) is 0 Å². The van der Waals surface area contributed by atoms with Crippen LogP contribution in [-0.4, -0.2) is 21.7 Å². The topological polar surface area (TPSA) is 15.7 Å². The Morgan fingerprint density at radius 2 is 1.37 bits per heavy atom. The second-order valence-electron chi connectivity index (χ2n) is 11.2. The number of para-hydroxylation sites is 3.